The van der Waals surface area contributed by atoms with Crippen molar-refractivity contribution in [1.29, 1.82) is 0 Å². The molecule has 3 aromatic rings. The highest BCUT2D eigenvalue weighted by Gasteiger charge is 2.42. The first-order valence-electron chi connectivity index (χ1n) is 10.8. The highest BCUT2D eigenvalue weighted by molar-refractivity contribution is 6.36. The van der Waals surface area contributed by atoms with E-state index < -0.39 is 46.8 Å². The Hall–Kier alpha value is -5.19. The summed E-state index contributed by atoms with van der Waals surface area (Å²) in [4.78, 5) is 73.5. The molecule has 0 bridgehead atoms. The molecule has 1 aliphatic rings. The van der Waals surface area contributed by atoms with Gasteiger partial charge in [-0.05, 0) is 55.0 Å². The average molecular weight is 502 g/mol. The number of anilines is 1. The van der Waals surface area contributed by atoms with E-state index in [0.29, 0.717) is 5.56 Å². The number of ether oxygens (including phenoxy) is 2. The number of hydrogen-bond donors (Lipinski definition) is 0. The third kappa shape index (κ3) is 4.82. The number of nitro groups is 1. The van der Waals surface area contributed by atoms with Gasteiger partial charge in [-0.25, -0.2) is 9.69 Å². The molecule has 0 aromatic heterocycles. The lowest BCUT2D eigenvalue weighted by Crippen LogP contribution is -2.30. The number of aryl methyl sites for hydroxylation is 1. The first kappa shape index (κ1) is 24.9. The van der Waals surface area contributed by atoms with Gasteiger partial charge in [0.05, 0.1) is 21.7 Å². The van der Waals surface area contributed by atoms with Crippen molar-refractivity contribution in [3.05, 3.63) is 98.6 Å². The van der Waals surface area contributed by atoms with Gasteiger partial charge in [0.2, 0.25) is 0 Å². The molecule has 37 heavy (non-hydrogen) atoms. The minimum atomic E-state index is -0.881. The van der Waals surface area contributed by atoms with Crippen molar-refractivity contribution in [3.8, 4) is 5.75 Å². The maximum Gasteiger partial charge on any atom is 0.338 e. The van der Waals surface area contributed by atoms with Crippen LogP contribution in [-0.4, -0.2) is 41.1 Å². The van der Waals surface area contributed by atoms with Crippen molar-refractivity contribution in [3.63, 3.8) is 0 Å². The second-order valence-electron chi connectivity index (χ2n) is 8.02. The van der Waals surface area contributed by atoms with E-state index in [4.69, 9.17) is 9.47 Å². The first-order valence-corrected chi connectivity index (χ1v) is 10.8. The number of rotatable bonds is 7. The number of hydrogen-bond acceptors (Lipinski definition) is 9. The number of nitrogens with zero attached hydrogens (tertiary/aromatic N) is 2. The van der Waals surface area contributed by atoms with Crippen LogP contribution in [0.2, 0.25) is 0 Å². The zero-order valence-electron chi connectivity index (χ0n) is 19.5. The number of carbonyl (C=O) groups excluding carboxylic acids is 5. The molecular formula is C26H18N2O9. The van der Waals surface area contributed by atoms with Crippen LogP contribution in [0.25, 0.3) is 0 Å². The Kier molecular flexibility index (Phi) is 6.61. The summed E-state index contributed by atoms with van der Waals surface area (Å²) < 4.78 is 10.0. The lowest BCUT2D eigenvalue weighted by molar-refractivity contribution is -0.385. The molecule has 0 aliphatic carbocycles. The molecule has 2 amide bonds. The van der Waals surface area contributed by atoms with Crippen LogP contribution in [0.1, 0.15) is 53.9 Å². The Morgan fingerprint density at radius 2 is 1.62 bits per heavy atom. The fraction of sp³-hybridized carbons (Fsp3) is 0.115. The predicted molar refractivity (Wildman–Crippen MR) is 128 cm³/mol. The van der Waals surface area contributed by atoms with Crippen LogP contribution in [0.5, 0.6) is 5.75 Å². The van der Waals surface area contributed by atoms with E-state index in [1.807, 2.05) is 0 Å². The second kappa shape index (κ2) is 9.82. The number of benzene rings is 3. The molecule has 11 heteroatoms. The summed E-state index contributed by atoms with van der Waals surface area (Å²) in [6.45, 7) is 2.26. The smallest absolute Gasteiger partial charge is 0.338 e. The molecule has 0 atom stereocenters. The van der Waals surface area contributed by atoms with Crippen molar-refractivity contribution < 1.29 is 38.4 Å². The maximum atomic E-state index is 13.0. The first-order chi connectivity index (χ1) is 17.6. The van der Waals surface area contributed by atoms with Gasteiger partial charge in [0.25, 0.3) is 17.5 Å². The number of fused-ring (bicyclic) bond motifs is 1. The summed E-state index contributed by atoms with van der Waals surface area (Å²) in [6, 6.07) is 13.6. The molecule has 186 valence electrons. The van der Waals surface area contributed by atoms with Crippen LogP contribution in [-0.2, 0) is 9.53 Å². The number of carbonyl (C=O) groups is 5. The van der Waals surface area contributed by atoms with Gasteiger partial charge in [-0.15, -0.1) is 0 Å². The summed E-state index contributed by atoms with van der Waals surface area (Å²) in [7, 11) is 0. The summed E-state index contributed by atoms with van der Waals surface area (Å²) in [5, 5.41) is 11.4. The Labute approximate surface area is 209 Å². The van der Waals surface area contributed by atoms with Gasteiger partial charge < -0.3 is 9.47 Å². The van der Waals surface area contributed by atoms with Gasteiger partial charge in [0, 0.05) is 18.6 Å². The van der Waals surface area contributed by atoms with Crippen molar-refractivity contribution in [2.24, 2.45) is 0 Å². The highest BCUT2D eigenvalue weighted by atomic mass is 16.6. The summed E-state index contributed by atoms with van der Waals surface area (Å²) in [5.41, 5.74) is -0.233. The quantitative estimate of drug-likeness (QED) is 0.118. The van der Waals surface area contributed by atoms with Crippen LogP contribution in [0, 0.1) is 17.0 Å². The number of ketones is 1. The third-order valence-corrected chi connectivity index (χ3v) is 5.55. The number of Topliss-reactive ketones (excluding diaryl/α,β-unsaturated/α-hetero) is 1. The summed E-state index contributed by atoms with van der Waals surface area (Å²) >= 11 is 0. The lowest BCUT2D eigenvalue weighted by atomic mass is 10.1. The highest BCUT2D eigenvalue weighted by Crippen LogP contribution is 2.35. The Morgan fingerprint density at radius 3 is 2.27 bits per heavy atom. The zero-order chi connectivity index (χ0) is 26.9. The fourth-order valence-corrected chi connectivity index (χ4v) is 3.79. The van der Waals surface area contributed by atoms with E-state index in [1.54, 1.807) is 6.92 Å². The van der Waals surface area contributed by atoms with Gasteiger partial charge in [-0.1, -0.05) is 12.1 Å². The van der Waals surface area contributed by atoms with Gasteiger partial charge in [0.1, 0.15) is 11.3 Å². The summed E-state index contributed by atoms with van der Waals surface area (Å²) in [6.07, 6.45) is 0. The molecule has 0 fully saturated rings. The van der Waals surface area contributed by atoms with Crippen molar-refractivity contribution in [2.75, 3.05) is 11.5 Å². The number of amides is 2. The second-order valence-corrected chi connectivity index (χ2v) is 8.02. The molecule has 3 aromatic carbocycles. The van der Waals surface area contributed by atoms with E-state index in [0.717, 1.165) is 11.0 Å². The van der Waals surface area contributed by atoms with E-state index in [2.05, 4.69) is 0 Å². The maximum absolute atomic E-state index is 13.0. The standard InChI is InChI=1S/C26H18N2O9/c1-14-6-7-17(26(33)36-13-22(30)16-8-10-18(11-9-16)37-15(2)29)12-21(14)27-24(31)19-4-3-5-20(28(34)35)23(19)25(27)32/h3-12H,13H2,1-2H3. The normalized spacial score (nSPS) is 12.2. The van der Waals surface area contributed by atoms with Crippen LogP contribution in [0.3, 0.4) is 0 Å². The van der Waals surface area contributed by atoms with Crippen LogP contribution >= 0.6 is 0 Å². The van der Waals surface area contributed by atoms with Gasteiger partial charge in [-0.3, -0.25) is 29.3 Å². The lowest BCUT2D eigenvalue weighted by Gasteiger charge is -2.17. The molecule has 4 rings (SSSR count). The van der Waals surface area contributed by atoms with E-state index in [-0.39, 0.29) is 33.7 Å². The average Bonchev–Trinajstić information content (AvgIpc) is 3.12. The molecule has 0 saturated heterocycles. The van der Waals surface area contributed by atoms with Crippen molar-refractivity contribution in [1.82, 2.24) is 0 Å². The van der Waals surface area contributed by atoms with E-state index >= 15 is 0 Å². The number of nitro benzene ring substituents is 1. The van der Waals surface area contributed by atoms with Crippen LogP contribution in [0.4, 0.5) is 11.4 Å². The molecular weight excluding hydrogens is 484 g/mol. The Morgan fingerprint density at radius 1 is 0.946 bits per heavy atom. The Balaban J connectivity index is 1.52. The number of esters is 2. The Bertz CT molecular complexity index is 1490. The van der Waals surface area contributed by atoms with Crippen molar-refractivity contribution in [2.45, 2.75) is 13.8 Å². The number of imide groups is 1. The van der Waals surface area contributed by atoms with Gasteiger partial charge in [0.15, 0.2) is 12.4 Å². The fourth-order valence-electron chi connectivity index (χ4n) is 3.79. The summed E-state index contributed by atoms with van der Waals surface area (Å²) in [5.74, 6) is -3.29. The SMILES string of the molecule is CC(=O)Oc1ccc(C(=O)COC(=O)c2ccc(C)c(N3C(=O)c4cccc([N+](=O)[O-])c4C3=O)c2)cc1. The topological polar surface area (TPSA) is 150 Å². The molecule has 1 heterocycles. The van der Waals surface area contributed by atoms with E-state index in [1.165, 1.54) is 61.5 Å². The van der Waals surface area contributed by atoms with Gasteiger partial charge in [-0.2, -0.15) is 0 Å². The molecule has 0 unspecified atom stereocenters. The van der Waals surface area contributed by atoms with E-state index in [9.17, 15) is 34.1 Å². The molecule has 0 N–H and O–H groups in total. The molecule has 0 radical (unpaired) electrons. The largest absolute Gasteiger partial charge is 0.454 e. The monoisotopic (exact) mass is 502 g/mol. The third-order valence-electron chi connectivity index (χ3n) is 5.55. The molecule has 11 nitrogen and oxygen atoms in total. The molecule has 0 saturated carbocycles. The minimum Gasteiger partial charge on any atom is -0.454 e. The van der Waals surface area contributed by atoms with Crippen LogP contribution < -0.4 is 9.64 Å². The molecule has 0 spiro atoms. The van der Waals surface area contributed by atoms with Crippen LogP contribution in [0.15, 0.2) is 60.7 Å². The predicted octanol–water partition coefficient (Wildman–Crippen LogP) is 3.67. The van der Waals surface area contributed by atoms with Crippen molar-refractivity contribution >= 4 is 40.9 Å². The molecule has 1 aliphatic heterocycles. The zero-order valence-corrected chi connectivity index (χ0v) is 19.5. The van der Waals surface area contributed by atoms with Gasteiger partial charge >= 0.3 is 11.9 Å². The minimum absolute atomic E-state index is 0.0374.